The third kappa shape index (κ3) is 1.78. The molecule has 2 aromatic carbocycles. The van der Waals surface area contributed by atoms with Crippen molar-refractivity contribution in [3.05, 3.63) is 48.2 Å². The molecule has 2 nitrogen and oxygen atoms in total. The van der Waals surface area contributed by atoms with Crippen molar-refractivity contribution in [3.63, 3.8) is 0 Å². The number of benzene rings is 2. The van der Waals surface area contributed by atoms with Crippen LogP contribution in [0.15, 0.2) is 42.5 Å². The van der Waals surface area contributed by atoms with E-state index in [1.165, 1.54) is 22.1 Å². The lowest BCUT2D eigenvalue weighted by Crippen LogP contribution is -1.78. The average molecular weight is 241 g/mol. The third-order valence-electron chi connectivity index (χ3n) is 2.77. The summed E-state index contributed by atoms with van der Waals surface area (Å²) in [5, 5.41) is 13.1. The maximum Gasteiger partial charge on any atom is 0.195 e. The lowest BCUT2D eigenvalue weighted by Gasteiger charge is -2.00. The van der Waals surface area contributed by atoms with Crippen molar-refractivity contribution in [1.29, 1.82) is 0 Å². The zero-order valence-corrected chi connectivity index (χ0v) is 10.2. The lowest BCUT2D eigenvalue weighted by atomic mass is 10.1. The number of aromatic hydroxyl groups is 1. The van der Waals surface area contributed by atoms with Crippen LogP contribution in [-0.4, -0.2) is 10.1 Å². The molecular weight excluding hydrogens is 230 g/mol. The Labute approximate surface area is 103 Å². The van der Waals surface area contributed by atoms with Crippen LogP contribution in [-0.2, 0) is 0 Å². The lowest BCUT2D eigenvalue weighted by molar-refractivity contribution is 0.485. The third-order valence-corrected chi connectivity index (χ3v) is 3.78. The summed E-state index contributed by atoms with van der Waals surface area (Å²) in [5.41, 5.74) is 1.75. The van der Waals surface area contributed by atoms with Crippen LogP contribution in [0.5, 0.6) is 5.06 Å². The van der Waals surface area contributed by atoms with Gasteiger partial charge < -0.3 is 5.11 Å². The van der Waals surface area contributed by atoms with Gasteiger partial charge in [-0.3, -0.25) is 0 Å². The van der Waals surface area contributed by atoms with Crippen LogP contribution < -0.4 is 0 Å². The molecule has 0 fully saturated rings. The van der Waals surface area contributed by atoms with E-state index in [0.717, 1.165) is 10.6 Å². The van der Waals surface area contributed by atoms with Gasteiger partial charge in [0.25, 0.3) is 0 Å². The molecule has 0 amide bonds. The Morgan fingerprint density at radius 3 is 2.53 bits per heavy atom. The summed E-state index contributed by atoms with van der Waals surface area (Å²) in [6.07, 6.45) is 0. The van der Waals surface area contributed by atoms with E-state index in [0.29, 0.717) is 10.8 Å². The molecule has 1 heterocycles. The minimum absolute atomic E-state index is 0.299. The zero-order valence-electron chi connectivity index (χ0n) is 9.34. The molecule has 0 bridgehead atoms. The van der Waals surface area contributed by atoms with Crippen molar-refractivity contribution in [2.75, 3.05) is 0 Å². The van der Waals surface area contributed by atoms with Crippen LogP contribution in [0.2, 0.25) is 0 Å². The highest BCUT2D eigenvalue weighted by atomic mass is 32.1. The molecular formula is C14H11NOS. The minimum Gasteiger partial charge on any atom is -0.498 e. The van der Waals surface area contributed by atoms with Crippen LogP contribution in [0, 0.1) is 6.92 Å². The van der Waals surface area contributed by atoms with Gasteiger partial charge in [0.05, 0.1) is 5.69 Å². The molecule has 3 heteroatoms. The summed E-state index contributed by atoms with van der Waals surface area (Å²) in [6, 6.07) is 14.5. The van der Waals surface area contributed by atoms with Crippen molar-refractivity contribution in [2.24, 2.45) is 0 Å². The SMILES string of the molecule is Cc1nc(-c2ccc3ccccc3c2)sc1O. The topological polar surface area (TPSA) is 33.1 Å². The predicted octanol–water partition coefficient (Wildman–Crippen LogP) is 3.98. The molecule has 3 rings (SSSR count). The van der Waals surface area contributed by atoms with E-state index in [1.54, 1.807) is 0 Å². The summed E-state index contributed by atoms with van der Waals surface area (Å²) in [4.78, 5) is 4.36. The Bertz CT molecular complexity index is 668. The Kier molecular flexibility index (Phi) is 2.34. The van der Waals surface area contributed by atoms with Crippen molar-refractivity contribution < 1.29 is 5.11 Å². The highest BCUT2D eigenvalue weighted by Gasteiger charge is 2.08. The van der Waals surface area contributed by atoms with Crippen molar-refractivity contribution in [1.82, 2.24) is 4.98 Å². The smallest absolute Gasteiger partial charge is 0.195 e. The first-order valence-electron chi connectivity index (χ1n) is 5.39. The highest BCUT2D eigenvalue weighted by molar-refractivity contribution is 7.16. The van der Waals surface area contributed by atoms with Crippen LogP contribution in [0.25, 0.3) is 21.3 Å². The van der Waals surface area contributed by atoms with Gasteiger partial charge in [-0.2, -0.15) is 0 Å². The van der Waals surface area contributed by atoms with Gasteiger partial charge in [-0.15, -0.1) is 0 Å². The van der Waals surface area contributed by atoms with E-state index in [9.17, 15) is 5.11 Å². The van der Waals surface area contributed by atoms with E-state index in [4.69, 9.17) is 0 Å². The largest absolute Gasteiger partial charge is 0.498 e. The minimum atomic E-state index is 0.299. The van der Waals surface area contributed by atoms with Crippen molar-refractivity contribution in [3.8, 4) is 15.6 Å². The fraction of sp³-hybridized carbons (Fsp3) is 0.0714. The van der Waals surface area contributed by atoms with Gasteiger partial charge in [0.2, 0.25) is 0 Å². The predicted molar refractivity (Wildman–Crippen MR) is 71.5 cm³/mol. The van der Waals surface area contributed by atoms with Gasteiger partial charge in [0, 0.05) is 5.56 Å². The Balaban J connectivity index is 2.17. The molecule has 0 aliphatic rings. The number of thiazole rings is 1. The number of aromatic nitrogens is 1. The van der Waals surface area contributed by atoms with Crippen LogP contribution in [0.4, 0.5) is 0 Å². The summed E-state index contributed by atoms with van der Waals surface area (Å²) < 4.78 is 0. The molecule has 0 saturated heterocycles. The number of fused-ring (bicyclic) bond motifs is 1. The van der Waals surface area contributed by atoms with E-state index >= 15 is 0 Å². The molecule has 0 saturated carbocycles. The van der Waals surface area contributed by atoms with E-state index in [1.807, 2.05) is 25.1 Å². The quantitative estimate of drug-likeness (QED) is 0.699. The second kappa shape index (κ2) is 3.86. The number of hydrogen-bond acceptors (Lipinski definition) is 3. The zero-order chi connectivity index (χ0) is 11.8. The van der Waals surface area contributed by atoms with Gasteiger partial charge in [0.1, 0.15) is 5.01 Å². The van der Waals surface area contributed by atoms with Gasteiger partial charge in [-0.1, -0.05) is 47.7 Å². The molecule has 0 radical (unpaired) electrons. The molecule has 84 valence electrons. The number of nitrogens with zero attached hydrogens (tertiary/aromatic N) is 1. The summed E-state index contributed by atoms with van der Waals surface area (Å²) in [6.45, 7) is 1.82. The Hall–Kier alpha value is -1.87. The molecule has 1 aromatic heterocycles. The Morgan fingerprint density at radius 1 is 1.06 bits per heavy atom. The average Bonchev–Trinajstić information content (AvgIpc) is 2.69. The van der Waals surface area contributed by atoms with Gasteiger partial charge >= 0.3 is 0 Å². The molecule has 0 aliphatic carbocycles. The number of hydrogen-bond donors (Lipinski definition) is 1. The number of aryl methyl sites for hydroxylation is 1. The highest BCUT2D eigenvalue weighted by Crippen LogP contribution is 2.33. The van der Waals surface area contributed by atoms with Gasteiger partial charge in [-0.05, 0) is 23.8 Å². The van der Waals surface area contributed by atoms with E-state index in [2.05, 4.69) is 29.2 Å². The van der Waals surface area contributed by atoms with E-state index in [-0.39, 0.29) is 0 Å². The standard InChI is InChI=1S/C14H11NOS/c1-9-14(16)17-13(15-9)12-7-6-10-4-2-3-5-11(10)8-12/h2-8,16H,1H3. The van der Waals surface area contributed by atoms with Gasteiger partial charge in [-0.25, -0.2) is 4.98 Å². The Morgan fingerprint density at radius 2 is 1.82 bits per heavy atom. The second-order valence-corrected chi connectivity index (χ2v) is 4.95. The summed E-state index contributed by atoms with van der Waals surface area (Å²) >= 11 is 1.32. The van der Waals surface area contributed by atoms with Crippen molar-refractivity contribution >= 4 is 22.1 Å². The summed E-state index contributed by atoms with van der Waals surface area (Å²) in [5.74, 6) is 0. The molecule has 1 N–H and O–H groups in total. The number of rotatable bonds is 1. The van der Waals surface area contributed by atoms with E-state index < -0.39 is 0 Å². The first kappa shape index (κ1) is 10.3. The van der Waals surface area contributed by atoms with Gasteiger partial charge in [0.15, 0.2) is 5.06 Å². The monoisotopic (exact) mass is 241 g/mol. The van der Waals surface area contributed by atoms with Crippen LogP contribution in [0.3, 0.4) is 0 Å². The molecule has 17 heavy (non-hydrogen) atoms. The molecule has 3 aromatic rings. The normalized spacial score (nSPS) is 10.9. The first-order valence-corrected chi connectivity index (χ1v) is 6.21. The maximum absolute atomic E-state index is 9.57. The maximum atomic E-state index is 9.57. The fourth-order valence-corrected chi connectivity index (χ4v) is 2.64. The van der Waals surface area contributed by atoms with Crippen LogP contribution >= 0.6 is 11.3 Å². The van der Waals surface area contributed by atoms with Crippen molar-refractivity contribution in [2.45, 2.75) is 6.92 Å². The van der Waals surface area contributed by atoms with Crippen LogP contribution in [0.1, 0.15) is 5.69 Å². The second-order valence-electron chi connectivity index (χ2n) is 3.97. The fourth-order valence-electron chi connectivity index (χ4n) is 1.83. The molecule has 0 unspecified atom stereocenters. The molecule has 0 atom stereocenters. The molecule has 0 spiro atoms. The summed E-state index contributed by atoms with van der Waals surface area (Å²) in [7, 11) is 0. The first-order chi connectivity index (χ1) is 8.24. The molecule has 0 aliphatic heterocycles.